The van der Waals surface area contributed by atoms with Crippen LogP contribution in [-0.2, 0) is 11.2 Å². The molecule has 130 valence electrons. The van der Waals surface area contributed by atoms with Gasteiger partial charge in [0.2, 0.25) is 11.9 Å². The fraction of sp³-hybridized carbons (Fsp3) is 0.350. The van der Waals surface area contributed by atoms with Gasteiger partial charge in [-0.05, 0) is 37.8 Å². The normalized spacial score (nSPS) is 15.2. The van der Waals surface area contributed by atoms with Crippen molar-refractivity contribution in [3.05, 3.63) is 59.4 Å². The Balaban J connectivity index is 1.58. The van der Waals surface area contributed by atoms with E-state index < -0.39 is 0 Å². The number of hydrogen-bond donors (Lipinski definition) is 1. The van der Waals surface area contributed by atoms with Crippen molar-refractivity contribution in [1.82, 2.24) is 15.3 Å². The maximum Gasteiger partial charge on any atom is 0.244 e. The van der Waals surface area contributed by atoms with Gasteiger partial charge in [0.15, 0.2) is 0 Å². The van der Waals surface area contributed by atoms with E-state index in [4.69, 9.17) is 0 Å². The smallest absolute Gasteiger partial charge is 0.244 e. The second-order valence-electron chi connectivity index (χ2n) is 6.98. The van der Waals surface area contributed by atoms with Gasteiger partial charge < -0.3 is 10.2 Å². The molecule has 1 amide bonds. The Hall–Kier alpha value is -2.69. The Morgan fingerprint density at radius 1 is 1.28 bits per heavy atom. The number of aryl methyl sites for hydroxylation is 1. The Morgan fingerprint density at radius 2 is 2.00 bits per heavy atom. The zero-order valence-electron chi connectivity index (χ0n) is 15.0. The summed E-state index contributed by atoms with van der Waals surface area (Å²) < 4.78 is 0. The van der Waals surface area contributed by atoms with Crippen molar-refractivity contribution in [2.45, 2.75) is 31.7 Å². The minimum Gasteiger partial charge on any atom is -0.347 e. The number of amides is 1. The summed E-state index contributed by atoms with van der Waals surface area (Å²) in [6.45, 7) is 2.09. The molecule has 25 heavy (non-hydrogen) atoms. The maximum absolute atomic E-state index is 12.3. The highest BCUT2D eigenvalue weighted by Crippen LogP contribution is 2.38. The highest BCUT2D eigenvalue weighted by Gasteiger charge is 2.43. The zero-order chi connectivity index (χ0) is 17.9. The van der Waals surface area contributed by atoms with Gasteiger partial charge in [-0.3, -0.25) is 4.79 Å². The van der Waals surface area contributed by atoms with Crippen molar-refractivity contribution < 1.29 is 4.79 Å². The fourth-order valence-corrected chi connectivity index (χ4v) is 2.83. The molecule has 0 aliphatic heterocycles. The van der Waals surface area contributed by atoms with E-state index in [0.29, 0.717) is 5.95 Å². The van der Waals surface area contributed by atoms with Crippen molar-refractivity contribution in [1.29, 1.82) is 0 Å². The minimum atomic E-state index is -0.0828. The van der Waals surface area contributed by atoms with Gasteiger partial charge in [0.1, 0.15) is 0 Å². The standard InChI is InChI=1S/C20H24N4O/c1-15-5-4-6-16(11-15)12-20(9-10-20)23-18(25)8-7-17-13-21-19(22-14-17)24(2)3/h4-8,11,13-14H,9-10,12H2,1-3H3,(H,23,25). The molecule has 2 aromatic rings. The number of benzene rings is 1. The molecule has 5 nitrogen and oxygen atoms in total. The second kappa shape index (κ2) is 7.05. The third-order valence-electron chi connectivity index (χ3n) is 4.35. The summed E-state index contributed by atoms with van der Waals surface area (Å²) in [6, 6.07) is 8.47. The summed E-state index contributed by atoms with van der Waals surface area (Å²) in [4.78, 5) is 22.6. The van der Waals surface area contributed by atoms with Gasteiger partial charge in [-0.15, -0.1) is 0 Å². The van der Waals surface area contributed by atoms with E-state index in [9.17, 15) is 4.79 Å². The van der Waals surface area contributed by atoms with Crippen LogP contribution in [0.25, 0.3) is 6.08 Å². The molecule has 1 N–H and O–H groups in total. The van der Waals surface area contributed by atoms with Crippen LogP contribution in [0.5, 0.6) is 0 Å². The van der Waals surface area contributed by atoms with Crippen LogP contribution >= 0.6 is 0 Å². The third kappa shape index (κ3) is 4.66. The van der Waals surface area contributed by atoms with Gasteiger partial charge in [0.25, 0.3) is 0 Å². The van der Waals surface area contributed by atoms with Gasteiger partial charge in [0, 0.05) is 43.7 Å². The van der Waals surface area contributed by atoms with Crippen LogP contribution in [0.4, 0.5) is 5.95 Å². The molecule has 0 radical (unpaired) electrons. The van der Waals surface area contributed by atoms with Crippen LogP contribution in [-0.4, -0.2) is 35.5 Å². The molecule has 1 aromatic carbocycles. The molecule has 1 heterocycles. The maximum atomic E-state index is 12.3. The molecular formula is C20H24N4O. The van der Waals surface area contributed by atoms with Gasteiger partial charge in [-0.2, -0.15) is 0 Å². The predicted molar refractivity (Wildman–Crippen MR) is 100 cm³/mol. The number of anilines is 1. The Labute approximate surface area is 148 Å². The molecule has 1 saturated carbocycles. The lowest BCUT2D eigenvalue weighted by atomic mass is 10.0. The summed E-state index contributed by atoms with van der Waals surface area (Å²) >= 11 is 0. The summed E-state index contributed by atoms with van der Waals surface area (Å²) in [7, 11) is 3.78. The van der Waals surface area contributed by atoms with Crippen molar-refractivity contribution in [2.75, 3.05) is 19.0 Å². The molecule has 1 aliphatic rings. The van der Waals surface area contributed by atoms with E-state index >= 15 is 0 Å². The van der Waals surface area contributed by atoms with Crippen LogP contribution in [0.2, 0.25) is 0 Å². The molecule has 5 heteroatoms. The van der Waals surface area contributed by atoms with Crippen molar-refractivity contribution in [2.24, 2.45) is 0 Å². The van der Waals surface area contributed by atoms with Crippen LogP contribution in [0, 0.1) is 6.92 Å². The molecule has 0 saturated heterocycles. The second-order valence-corrected chi connectivity index (χ2v) is 6.98. The molecule has 1 aliphatic carbocycles. The molecule has 0 atom stereocenters. The Kier molecular flexibility index (Phi) is 4.83. The zero-order valence-corrected chi connectivity index (χ0v) is 15.0. The fourth-order valence-electron chi connectivity index (χ4n) is 2.83. The SMILES string of the molecule is Cc1cccc(CC2(NC(=O)C=Cc3cnc(N(C)C)nc3)CC2)c1. The first-order valence-electron chi connectivity index (χ1n) is 8.51. The first kappa shape index (κ1) is 17.1. The Bertz CT molecular complexity index is 777. The van der Waals surface area contributed by atoms with Gasteiger partial charge in [-0.25, -0.2) is 9.97 Å². The minimum absolute atomic E-state index is 0.0677. The topological polar surface area (TPSA) is 58.1 Å². The molecule has 0 bridgehead atoms. The van der Waals surface area contributed by atoms with E-state index in [0.717, 1.165) is 24.8 Å². The van der Waals surface area contributed by atoms with Crippen molar-refractivity contribution in [3.63, 3.8) is 0 Å². The summed E-state index contributed by atoms with van der Waals surface area (Å²) in [6.07, 6.45) is 9.68. The quantitative estimate of drug-likeness (QED) is 0.824. The van der Waals surface area contributed by atoms with E-state index in [-0.39, 0.29) is 11.4 Å². The van der Waals surface area contributed by atoms with Crippen LogP contribution in [0.3, 0.4) is 0 Å². The average molecular weight is 336 g/mol. The van der Waals surface area contributed by atoms with Crippen LogP contribution < -0.4 is 10.2 Å². The highest BCUT2D eigenvalue weighted by molar-refractivity contribution is 5.92. The predicted octanol–water partition coefficient (Wildman–Crippen LogP) is 2.76. The number of nitrogens with one attached hydrogen (secondary N) is 1. The van der Waals surface area contributed by atoms with Gasteiger partial charge in [-0.1, -0.05) is 29.8 Å². The largest absolute Gasteiger partial charge is 0.347 e. The Morgan fingerprint density at radius 3 is 2.60 bits per heavy atom. The number of carbonyl (C=O) groups excluding carboxylic acids is 1. The molecule has 1 aromatic heterocycles. The molecule has 3 rings (SSSR count). The summed E-state index contributed by atoms with van der Waals surface area (Å²) in [5.41, 5.74) is 3.25. The lowest BCUT2D eigenvalue weighted by molar-refractivity contribution is -0.117. The van der Waals surface area contributed by atoms with Crippen molar-refractivity contribution >= 4 is 17.9 Å². The highest BCUT2D eigenvalue weighted by atomic mass is 16.1. The molecule has 0 spiro atoms. The summed E-state index contributed by atoms with van der Waals surface area (Å²) in [5.74, 6) is 0.582. The van der Waals surface area contributed by atoms with Gasteiger partial charge >= 0.3 is 0 Å². The van der Waals surface area contributed by atoms with E-state index in [1.807, 2.05) is 19.0 Å². The molecule has 1 fully saturated rings. The van der Waals surface area contributed by atoms with Crippen molar-refractivity contribution in [3.8, 4) is 0 Å². The summed E-state index contributed by atoms with van der Waals surface area (Å²) in [5, 5.41) is 3.16. The average Bonchev–Trinajstić information content (AvgIpc) is 3.32. The molecular weight excluding hydrogens is 312 g/mol. The number of aromatic nitrogens is 2. The van der Waals surface area contributed by atoms with E-state index in [1.54, 1.807) is 24.5 Å². The third-order valence-corrected chi connectivity index (χ3v) is 4.35. The number of carbonyl (C=O) groups is 1. The van der Waals surface area contributed by atoms with Gasteiger partial charge in [0.05, 0.1) is 0 Å². The number of rotatable bonds is 6. The number of nitrogens with zero attached hydrogens (tertiary/aromatic N) is 3. The van der Waals surface area contributed by atoms with Crippen LogP contribution in [0.15, 0.2) is 42.7 Å². The first-order chi connectivity index (χ1) is 12.0. The number of hydrogen-bond acceptors (Lipinski definition) is 4. The van der Waals surface area contributed by atoms with E-state index in [2.05, 4.69) is 46.5 Å². The first-order valence-corrected chi connectivity index (χ1v) is 8.51. The van der Waals surface area contributed by atoms with Crippen LogP contribution in [0.1, 0.15) is 29.5 Å². The monoisotopic (exact) mass is 336 g/mol. The molecule has 0 unspecified atom stereocenters. The lowest BCUT2D eigenvalue weighted by Crippen LogP contribution is -2.37. The lowest BCUT2D eigenvalue weighted by Gasteiger charge is -2.16. The van der Waals surface area contributed by atoms with E-state index in [1.165, 1.54) is 11.1 Å².